The SMILES string of the molecule is CC(C)C(N)C(=O)NC(CS)C(=O)N1CCCC1C(=O)NC(Cc1c[nH]c2ccccc12)C(=O)O. The third-order valence-corrected chi connectivity index (χ3v) is 6.74. The van der Waals surface area contributed by atoms with Gasteiger partial charge < -0.3 is 31.4 Å². The van der Waals surface area contributed by atoms with E-state index in [0.29, 0.717) is 19.4 Å². The molecule has 1 aromatic carbocycles. The van der Waals surface area contributed by atoms with Crippen molar-refractivity contribution in [2.75, 3.05) is 12.3 Å². The number of benzene rings is 1. The predicted molar refractivity (Wildman–Crippen MR) is 135 cm³/mol. The van der Waals surface area contributed by atoms with Gasteiger partial charge in [0.25, 0.3) is 0 Å². The molecule has 4 unspecified atom stereocenters. The number of amides is 3. The smallest absolute Gasteiger partial charge is 0.326 e. The van der Waals surface area contributed by atoms with E-state index in [1.807, 2.05) is 24.3 Å². The molecule has 6 N–H and O–H groups in total. The number of aliphatic carboxylic acids is 1. The summed E-state index contributed by atoms with van der Waals surface area (Å²) in [6.45, 7) is 3.93. The maximum atomic E-state index is 13.2. The van der Waals surface area contributed by atoms with Crippen LogP contribution in [0.3, 0.4) is 0 Å². The van der Waals surface area contributed by atoms with Gasteiger partial charge in [0.15, 0.2) is 0 Å². The molecule has 0 spiro atoms. The van der Waals surface area contributed by atoms with Crippen molar-refractivity contribution in [1.82, 2.24) is 20.5 Å². The summed E-state index contributed by atoms with van der Waals surface area (Å²) in [6.07, 6.45) is 2.81. The molecule has 1 aliphatic heterocycles. The quantitative estimate of drug-likeness (QED) is 0.262. The highest BCUT2D eigenvalue weighted by atomic mass is 32.1. The summed E-state index contributed by atoms with van der Waals surface area (Å²) in [6, 6.07) is 3.81. The molecule has 11 heteroatoms. The molecule has 0 aliphatic carbocycles. The number of nitrogens with zero attached hydrogens (tertiary/aromatic N) is 1. The molecule has 3 rings (SSSR count). The van der Waals surface area contributed by atoms with Crippen LogP contribution in [0, 0.1) is 5.92 Å². The average molecular weight is 504 g/mol. The Bertz CT molecular complexity index is 1090. The number of thiol groups is 1. The minimum Gasteiger partial charge on any atom is -0.480 e. The first kappa shape index (κ1) is 26.6. The summed E-state index contributed by atoms with van der Waals surface area (Å²) in [5, 5.41) is 15.9. The van der Waals surface area contributed by atoms with Gasteiger partial charge in [-0.15, -0.1) is 0 Å². The van der Waals surface area contributed by atoms with Crippen LogP contribution in [0.2, 0.25) is 0 Å². The number of nitrogens with two attached hydrogens (primary N) is 1. The number of carboxylic acids is 1. The van der Waals surface area contributed by atoms with Crippen molar-refractivity contribution >= 4 is 47.2 Å². The Kier molecular flexibility index (Phi) is 8.79. The number of aromatic nitrogens is 1. The number of carbonyl (C=O) groups excluding carboxylic acids is 3. The lowest BCUT2D eigenvalue weighted by Gasteiger charge is -2.29. The monoisotopic (exact) mass is 503 g/mol. The van der Waals surface area contributed by atoms with Gasteiger partial charge in [-0.1, -0.05) is 32.0 Å². The number of carbonyl (C=O) groups is 4. The van der Waals surface area contributed by atoms with E-state index in [4.69, 9.17) is 5.73 Å². The second kappa shape index (κ2) is 11.6. The minimum atomic E-state index is -1.16. The third-order valence-electron chi connectivity index (χ3n) is 6.37. The van der Waals surface area contributed by atoms with Crippen LogP contribution in [-0.2, 0) is 25.6 Å². The van der Waals surface area contributed by atoms with Gasteiger partial charge in [0, 0.05) is 35.8 Å². The first-order valence-electron chi connectivity index (χ1n) is 11.7. The molecule has 4 atom stereocenters. The molecule has 2 aromatic rings. The molecule has 1 fully saturated rings. The first-order chi connectivity index (χ1) is 16.6. The van der Waals surface area contributed by atoms with Crippen LogP contribution in [0.25, 0.3) is 10.9 Å². The molecule has 0 saturated carbocycles. The Balaban J connectivity index is 1.69. The van der Waals surface area contributed by atoms with Crippen LogP contribution >= 0.6 is 12.6 Å². The van der Waals surface area contributed by atoms with Gasteiger partial charge in [0.2, 0.25) is 17.7 Å². The number of nitrogens with one attached hydrogen (secondary N) is 3. The van der Waals surface area contributed by atoms with Crippen molar-refractivity contribution in [2.24, 2.45) is 11.7 Å². The van der Waals surface area contributed by atoms with E-state index < -0.39 is 47.9 Å². The molecule has 35 heavy (non-hydrogen) atoms. The molecule has 10 nitrogen and oxygen atoms in total. The Morgan fingerprint density at radius 2 is 1.91 bits per heavy atom. The fourth-order valence-corrected chi connectivity index (χ4v) is 4.50. The van der Waals surface area contributed by atoms with Crippen LogP contribution in [0.15, 0.2) is 30.5 Å². The zero-order chi connectivity index (χ0) is 25.7. The summed E-state index contributed by atoms with van der Waals surface area (Å²) in [5.41, 5.74) is 7.53. The number of hydrogen-bond acceptors (Lipinski definition) is 6. The number of H-pyrrole nitrogens is 1. The molecule has 190 valence electrons. The highest BCUT2D eigenvalue weighted by Crippen LogP contribution is 2.21. The number of likely N-dealkylation sites (tertiary alicyclic amines) is 1. The Hall–Kier alpha value is -3.05. The van der Waals surface area contributed by atoms with Crippen LogP contribution < -0.4 is 16.4 Å². The lowest BCUT2D eigenvalue weighted by atomic mass is 10.0. The van der Waals surface area contributed by atoms with Gasteiger partial charge in [-0.25, -0.2) is 4.79 Å². The van der Waals surface area contributed by atoms with E-state index in [2.05, 4.69) is 28.2 Å². The fourth-order valence-electron chi connectivity index (χ4n) is 4.25. The molecular formula is C24H33N5O5S. The second-order valence-corrected chi connectivity index (χ2v) is 9.53. The highest BCUT2D eigenvalue weighted by Gasteiger charge is 2.39. The number of para-hydroxylation sites is 1. The van der Waals surface area contributed by atoms with Crippen molar-refractivity contribution in [1.29, 1.82) is 0 Å². The summed E-state index contributed by atoms with van der Waals surface area (Å²) >= 11 is 4.20. The van der Waals surface area contributed by atoms with Crippen LogP contribution in [0.4, 0.5) is 0 Å². The molecule has 1 saturated heterocycles. The van der Waals surface area contributed by atoms with Gasteiger partial charge >= 0.3 is 5.97 Å². The van der Waals surface area contributed by atoms with Gasteiger partial charge in [0.1, 0.15) is 18.1 Å². The van der Waals surface area contributed by atoms with Crippen LogP contribution in [0.1, 0.15) is 32.3 Å². The Morgan fingerprint density at radius 1 is 1.20 bits per heavy atom. The number of rotatable bonds is 10. The highest BCUT2D eigenvalue weighted by molar-refractivity contribution is 7.80. The molecule has 2 heterocycles. The Labute approximate surface area is 209 Å². The van der Waals surface area contributed by atoms with Crippen molar-refractivity contribution in [2.45, 2.75) is 57.3 Å². The zero-order valence-corrected chi connectivity index (χ0v) is 20.8. The van der Waals surface area contributed by atoms with E-state index in [1.165, 1.54) is 4.90 Å². The largest absolute Gasteiger partial charge is 0.480 e. The summed E-state index contributed by atoms with van der Waals surface area (Å²) in [7, 11) is 0. The predicted octanol–water partition coefficient (Wildman–Crippen LogP) is 0.669. The minimum absolute atomic E-state index is 0.0402. The maximum Gasteiger partial charge on any atom is 0.326 e. The van der Waals surface area contributed by atoms with Gasteiger partial charge in [-0.05, 0) is 30.4 Å². The molecule has 3 amide bonds. The lowest BCUT2D eigenvalue weighted by molar-refractivity contribution is -0.144. The van der Waals surface area contributed by atoms with E-state index in [-0.39, 0.29) is 18.1 Å². The van der Waals surface area contributed by atoms with Crippen molar-refractivity contribution in [3.8, 4) is 0 Å². The van der Waals surface area contributed by atoms with Gasteiger partial charge in [-0.3, -0.25) is 14.4 Å². The van der Waals surface area contributed by atoms with Gasteiger partial charge in [0.05, 0.1) is 6.04 Å². The van der Waals surface area contributed by atoms with Crippen LogP contribution in [0.5, 0.6) is 0 Å². The summed E-state index contributed by atoms with van der Waals surface area (Å²) < 4.78 is 0. The van der Waals surface area contributed by atoms with Crippen molar-refractivity contribution < 1.29 is 24.3 Å². The fraction of sp³-hybridized carbons (Fsp3) is 0.500. The van der Waals surface area contributed by atoms with Gasteiger partial charge in [-0.2, -0.15) is 12.6 Å². The number of aromatic amines is 1. The van der Waals surface area contributed by atoms with Crippen molar-refractivity contribution in [3.05, 3.63) is 36.0 Å². The summed E-state index contributed by atoms with van der Waals surface area (Å²) in [5.74, 6) is -2.67. The zero-order valence-electron chi connectivity index (χ0n) is 19.9. The number of carboxylic acid groups (broad SMARTS) is 1. The van der Waals surface area contributed by atoms with E-state index in [1.54, 1.807) is 20.0 Å². The number of fused-ring (bicyclic) bond motifs is 1. The maximum absolute atomic E-state index is 13.2. The molecule has 0 radical (unpaired) electrons. The van der Waals surface area contributed by atoms with Crippen LogP contribution in [-0.4, -0.2) is 75.1 Å². The average Bonchev–Trinajstić information content (AvgIpc) is 3.48. The number of hydrogen-bond donors (Lipinski definition) is 6. The molecule has 1 aliphatic rings. The second-order valence-electron chi connectivity index (χ2n) is 9.17. The van der Waals surface area contributed by atoms with E-state index in [0.717, 1.165) is 16.5 Å². The normalized spacial score (nSPS) is 18.3. The van der Waals surface area contributed by atoms with E-state index >= 15 is 0 Å². The molecule has 0 bridgehead atoms. The third kappa shape index (κ3) is 6.15. The van der Waals surface area contributed by atoms with Crippen molar-refractivity contribution in [3.63, 3.8) is 0 Å². The molecule has 1 aromatic heterocycles. The topological polar surface area (TPSA) is 158 Å². The van der Waals surface area contributed by atoms with E-state index in [9.17, 15) is 24.3 Å². The first-order valence-corrected chi connectivity index (χ1v) is 12.3. The molecular weight excluding hydrogens is 470 g/mol. The standard InChI is InChI=1S/C24H33N5O5S/c1-13(2)20(25)22(31)28-18(12-35)23(32)29-9-5-8-19(29)21(30)27-17(24(33)34)10-14-11-26-16-7-4-3-6-15(14)16/h3-4,6-7,11,13,17-20,26,35H,5,8-10,12,25H2,1-2H3,(H,27,30)(H,28,31)(H,33,34). The summed E-state index contributed by atoms with van der Waals surface area (Å²) in [4.78, 5) is 55.1. The Morgan fingerprint density at radius 3 is 2.57 bits per heavy atom. The lowest BCUT2D eigenvalue weighted by Crippen LogP contribution is -2.58.